The summed E-state index contributed by atoms with van der Waals surface area (Å²) in [6, 6.07) is 5.74. The lowest BCUT2D eigenvalue weighted by atomic mass is 9.97. The van der Waals surface area contributed by atoms with Crippen LogP contribution in [-0.4, -0.2) is 64.5 Å². The summed E-state index contributed by atoms with van der Waals surface area (Å²) in [5.41, 5.74) is 2.11. The molecule has 0 bridgehead atoms. The van der Waals surface area contributed by atoms with Crippen LogP contribution < -0.4 is 4.31 Å². The summed E-state index contributed by atoms with van der Waals surface area (Å²) in [6.07, 6.45) is 3.54. The van der Waals surface area contributed by atoms with Gasteiger partial charge in [0, 0.05) is 24.6 Å². The molecule has 1 atom stereocenters. The molecule has 9 nitrogen and oxygen atoms in total. The van der Waals surface area contributed by atoms with Crippen LogP contribution in [0.3, 0.4) is 0 Å². The Kier molecular flexibility index (Phi) is 11.7. The number of rotatable bonds is 13. The Bertz CT molecular complexity index is 1400. The van der Waals surface area contributed by atoms with Gasteiger partial charge < -0.3 is 9.16 Å². The van der Waals surface area contributed by atoms with Crippen molar-refractivity contribution in [1.29, 1.82) is 0 Å². The van der Waals surface area contributed by atoms with Crippen molar-refractivity contribution in [2.24, 2.45) is 0 Å². The number of sulfonamides is 1. The molecule has 0 unspecified atom stereocenters. The number of nitrogens with zero attached hydrogens (tertiary/aromatic N) is 3. The normalized spacial score (nSPS) is 13.4. The average molecular weight is 622 g/mol. The van der Waals surface area contributed by atoms with E-state index in [2.05, 4.69) is 43.8 Å². The lowest BCUT2D eigenvalue weighted by Crippen LogP contribution is -2.44. The molecule has 0 amide bonds. The topological polar surface area (TPSA) is 116 Å². The van der Waals surface area contributed by atoms with Crippen molar-refractivity contribution in [3.63, 3.8) is 0 Å². The fourth-order valence-electron chi connectivity index (χ4n) is 3.77. The second-order valence-corrected chi connectivity index (χ2v) is 18.8. The minimum atomic E-state index is -3.66. The lowest BCUT2D eigenvalue weighted by Gasteiger charge is -2.38. The van der Waals surface area contributed by atoms with E-state index in [1.807, 2.05) is 13.8 Å². The maximum Gasteiger partial charge on any atom is 0.313 e. The van der Waals surface area contributed by atoms with Gasteiger partial charge in [0.15, 0.2) is 8.32 Å². The number of benzene rings is 1. The van der Waals surface area contributed by atoms with E-state index in [1.165, 1.54) is 19.2 Å². The minimum absolute atomic E-state index is 0.0173. The monoisotopic (exact) mass is 621 g/mol. The predicted octanol–water partition coefficient (Wildman–Crippen LogP) is 6.12. The van der Waals surface area contributed by atoms with E-state index in [9.17, 15) is 22.4 Å². The fraction of sp³-hybridized carbons (Fsp3) is 0.533. The molecule has 0 aliphatic rings. The fourth-order valence-corrected chi connectivity index (χ4v) is 5.42. The van der Waals surface area contributed by atoms with Crippen molar-refractivity contribution < 1.29 is 31.6 Å². The van der Waals surface area contributed by atoms with Gasteiger partial charge in [-0.25, -0.2) is 27.1 Å². The van der Waals surface area contributed by atoms with Crippen LogP contribution in [0, 0.1) is 5.82 Å². The van der Waals surface area contributed by atoms with Crippen molar-refractivity contribution in [2.45, 2.75) is 84.5 Å². The zero-order valence-corrected chi connectivity index (χ0v) is 28.1. The van der Waals surface area contributed by atoms with Crippen LogP contribution in [0.2, 0.25) is 18.1 Å². The molecule has 42 heavy (non-hydrogen) atoms. The Morgan fingerprint density at radius 2 is 1.71 bits per heavy atom. The van der Waals surface area contributed by atoms with E-state index in [0.29, 0.717) is 22.5 Å². The van der Waals surface area contributed by atoms with Crippen molar-refractivity contribution in [2.75, 3.05) is 24.2 Å². The number of esters is 1. The second kappa shape index (κ2) is 14.0. The minimum Gasteiger partial charge on any atom is -0.466 e. The molecule has 0 saturated heterocycles. The SMILES string of the molecule is CCOC(=O)CC(=O)C[C@@H](C=Cc1c(-c2ccc(F)cc2)nc(N(C)S(C)(=O)=O)nc1C(C)C)O[Si](C)(C)C(C)(C)C. The molecule has 0 spiro atoms. The summed E-state index contributed by atoms with van der Waals surface area (Å²) < 4.78 is 51.1. The Morgan fingerprint density at radius 3 is 2.21 bits per heavy atom. The van der Waals surface area contributed by atoms with E-state index in [0.717, 1.165) is 10.6 Å². The highest BCUT2D eigenvalue weighted by Crippen LogP contribution is 2.38. The van der Waals surface area contributed by atoms with E-state index in [4.69, 9.17) is 9.16 Å². The quantitative estimate of drug-likeness (QED) is 0.149. The predicted molar refractivity (Wildman–Crippen MR) is 167 cm³/mol. The van der Waals surface area contributed by atoms with E-state index in [1.54, 1.807) is 31.2 Å². The molecular weight excluding hydrogens is 577 g/mol. The van der Waals surface area contributed by atoms with Crippen molar-refractivity contribution in [1.82, 2.24) is 9.97 Å². The Balaban J connectivity index is 2.72. The first-order valence-electron chi connectivity index (χ1n) is 13.9. The molecule has 0 fully saturated rings. The number of ketones is 1. The van der Waals surface area contributed by atoms with Gasteiger partial charge in [-0.3, -0.25) is 9.59 Å². The number of halogens is 1. The largest absolute Gasteiger partial charge is 0.466 e. The van der Waals surface area contributed by atoms with E-state index < -0.39 is 36.2 Å². The van der Waals surface area contributed by atoms with Gasteiger partial charge in [0.1, 0.15) is 18.0 Å². The summed E-state index contributed by atoms with van der Waals surface area (Å²) in [5.74, 6) is -1.49. The maximum atomic E-state index is 13.8. The number of hydrogen-bond acceptors (Lipinski definition) is 8. The Labute approximate surface area is 250 Å². The van der Waals surface area contributed by atoms with Gasteiger partial charge in [0.05, 0.1) is 30.4 Å². The smallest absolute Gasteiger partial charge is 0.313 e. The molecule has 1 aromatic carbocycles. The molecule has 1 heterocycles. The number of carbonyl (C=O) groups excluding carboxylic acids is 2. The lowest BCUT2D eigenvalue weighted by molar-refractivity contribution is -0.145. The molecule has 2 aromatic rings. The highest BCUT2D eigenvalue weighted by atomic mass is 32.2. The van der Waals surface area contributed by atoms with Crippen LogP contribution in [0.5, 0.6) is 0 Å². The number of carbonyl (C=O) groups is 2. The third kappa shape index (κ3) is 9.53. The third-order valence-corrected chi connectivity index (χ3v) is 12.9. The number of ether oxygens (including phenoxy) is 1. The van der Waals surface area contributed by atoms with Gasteiger partial charge in [-0.2, -0.15) is 0 Å². The van der Waals surface area contributed by atoms with Gasteiger partial charge in [0.2, 0.25) is 16.0 Å². The maximum absolute atomic E-state index is 13.8. The second-order valence-electron chi connectivity index (χ2n) is 12.1. The number of hydrogen-bond donors (Lipinski definition) is 0. The highest BCUT2D eigenvalue weighted by Gasteiger charge is 2.39. The van der Waals surface area contributed by atoms with Crippen molar-refractivity contribution >= 4 is 42.1 Å². The first kappa shape index (κ1) is 35.2. The first-order chi connectivity index (χ1) is 19.3. The zero-order valence-electron chi connectivity index (χ0n) is 26.3. The molecule has 0 aliphatic heterocycles. The van der Waals surface area contributed by atoms with Crippen LogP contribution in [0.15, 0.2) is 30.3 Å². The van der Waals surface area contributed by atoms with Crippen LogP contribution >= 0.6 is 0 Å². The van der Waals surface area contributed by atoms with Gasteiger partial charge in [-0.15, -0.1) is 0 Å². The molecule has 12 heteroatoms. The van der Waals surface area contributed by atoms with E-state index in [-0.39, 0.29) is 42.1 Å². The summed E-state index contributed by atoms with van der Waals surface area (Å²) >= 11 is 0. The summed E-state index contributed by atoms with van der Waals surface area (Å²) in [6.45, 7) is 16.1. The average Bonchev–Trinajstić information content (AvgIpc) is 2.85. The molecule has 2 rings (SSSR count). The van der Waals surface area contributed by atoms with Crippen molar-refractivity contribution in [3.05, 3.63) is 47.4 Å². The van der Waals surface area contributed by atoms with Crippen LogP contribution in [-0.2, 0) is 28.8 Å². The molecule has 0 aliphatic carbocycles. The number of Topliss-reactive ketones (excluding diaryl/α,β-unsaturated/α-hetero) is 1. The summed E-state index contributed by atoms with van der Waals surface area (Å²) in [4.78, 5) is 34.1. The molecule has 0 N–H and O–H groups in total. The molecular formula is C30H44FN3O6SSi. The molecule has 232 valence electrons. The number of anilines is 1. The van der Waals surface area contributed by atoms with Crippen LogP contribution in [0.1, 0.15) is 71.6 Å². The summed E-state index contributed by atoms with van der Waals surface area (Å²) in [7, 11) is -4.65. The van der Waals surface area contributed by atoms with Gasteiger partial charge in [-0.1, -0.05) is 46.8 Å². The highest BCUT2D eigenvalue weighted by molar-refractivity contribution is 7.92. The molecule has 1 aromatic heterocycles. The molecule has 0 radical (unpaired) electrons. The Hall–Kier alpha value is -2.96. The summed E-state index contributed by atoms with van der Waals surface area (Å²) in [5, 5.41) is -0.146. The van der Waals surface area contributed by atoms with Crippen LogP contribution in [0.25, 0.3) is 17.3 Å². The standard InChI is InChI=1S/C30H44FN3O6SSi/c1-11-39-26(36)19-23(35)18-24(40-42(9,10)30(4,5)6)16-17-25-27(20(2)3)32-29(34(7)41(8,37)38)33-28(25)21-12-14-22(31)15-13-21/h12-17,20,24H,11,18-19H2,1-10H3/t24-/m1/s1. The van der Waals surface area contributed by atoms with E-state index >= 15 is 0 Å². The van der Waals surface area contributed by atoms with Crippen LogP contribution in [0.4, 0.5) is 10.3 Å². The molecule has 0 saturated carbocycles. The van der Waals surface area contributed by atoms with Gasteiger partial charge >= 0.3 is 5.97 Å². The van der Waals surface area contributed by atoms with Gasteiger partial charge in [0.25, 0.3) is 0 Å². The first-order valence-corrected chi connectivity index (χ1v) is 18.7. The third-order valence-electron chi connectivity index (χ3n) is 7.21. The van der Waals surface area contributed by atoms with Crippen molar-refractivity contribution in [3.8, 4) is 11.3 Å². The number of aromatic nitrogens is 2. The zero-order chi connectivity index (χ0) is 32.0. The van der Waals surface area contributed by atoms with Gasteiger partial charge in [-0.05, 0) is 55.2 Å². The Morgan fingerprint density at radius 1 is 1.12 bits per heavy atom.